The van der Waals surface area contributed by atoms with E-state index in [1.54, 1.807) is 20.8 Å². The van der Waals surface area contributed by atoms with Gasteiger partial charge in [0.15, 0.2) is 0 Å². The molecular formula is C40H48N4O4. The fourth-order valence-corrected chi connectivity index (χ4v) is 6.38. The summed E-state index contributed by atoms with van der Waals surface area (Å²) in [6.07, 6.45) is 5.22. The van der Waals surface area contributed by atoms with E-state index in [4.69, 9.17) is 9.73 Å². The van der Waals surface area contributed by atoms with Gasteiger partial charge in [0.1, 0.15) is 11.4 Å². The van der Waals surface area contributed by atoms with Crippen LogP contribution in [-0.4, -0.2) is 65.3 Å². The Hall–Kier alpha value is -4.72. The molecule has 3 aromatic carbocycles. The molecule has 1 fully saturated rings. The number of amidine groups is 1. The molecule has 252 valence electrons. The van der Waals surface area contributed by atoms with E-state index in [0.717, 1.165) is 55.5 Å². The maximum Gasteiger partial charge on any atom is 0.413 e. The van der Waals surface area contributed by atoms with Gasteiger partial charge in [0.2, 0.25) is 5.91 Å². The van der Waals surface area contributed by atoms with Crippen LogP contribution in [0.15, 0.2) is 83.4 Å². The molecule has 0 aromatic heterocycles. The highest BCUT2D eigenvalue weighted by Crippen LogP contribution is 2.33. The smallest absolute Gasteiger partial charge is 0.413 e. The maximum atomic E-state index is 13.7. The van der Waals surface area contributed by atoms with Crippen LogP contribution in [0, 0.1) is 0 Å². The second-order valence-corrected chi connectivity index (χ2v) is 13.7. The molecule has 1 atom stereocenters. The summed E-state index contributed by atoms with van der Waals surface area (Å²) in [6, 6.07) is 24.1. The molecule has 0 aliphatic carbocycles. The normalized spacial score (nSPS) is 16.2. The van der Waals surface area contributed by atoms with Gasteiger partial charge < -0.3 is 14.5 Å². The predicted octanol–water partition coefficient (Wildman–Crippen LogP) is 8.36. The largest absolute Gasteiger partial charge is 0.444 e. The number of nitrogens with zero attached hydrogens (tertiary/aromatic N) is 3. The molecule has 0 bridgehead atoms. The lowest BCUT2D eigenvalue weighted by molar-refractivity contribution is -0.127. The van der Waals surface area contributed by atoms with E-state index in [2.05, 4.69) is 43.4 Å². The SMILES string of the molecule is CCCN(CCC)C(=O)C1=Cc2ccc(-c3ccc(C(=O)N4CCCC(c5ccccc5)C4)cc3)cc2N=C(NC(=O)OC(C)(C)C)C1. The Morgan fingerprint density at radius 3 is 2.29 bits per heavy atom. The van der Waals surface area contributed by atoms with Gasteiger partial charge in [0.05, 0.1) is 5.69 Å². The van der Waals surface area contributed by atoms with Gasteiger partial charge in [-0.1, -0.05) is 68.4 Å². The molecule has 1 saturated heterocycles. The third-order valence-electron chi connectivity index (χ3n) is 8.61. The van der Waals surface area contributed by atoms with Crippen molar-refractivity contribution in [3.8, 4) is 11.1 Å². The average Bonchev–Trinajstić information content (AvgIpc) is 3.25. The van der Waals surface area contributed by atoms with E-state index in [9.17, 15) is 14.4 Å². The first-order valence-electron chi connectivity index (χ1n) is 17.2. The van der Waals surface area contributed by atoms with Gasteiger partial charge in [0.25, 0.3) is 5.91 Å². The van der Waals surface area contributed by atoms with Gasteiger partial charge in [-0.15, -0.1) is 0 Å². The van der Waals surface area contributed by atoms with E-state index in [-0.39, 0.29) is 18.2 Å². The third kappa shape index (κ3) is 8.79. The minimum Gasteiger partial charge on any atom is -0.444 e. The average molecular weight is 649 g/mol. The van der Waals surface area contributed by atoms with Gasteiger partial charge in [-0.05, 0) is 87.4 Å². The summed E-state index contributed by atoms with van der Waals surface area (Å²) in [5, 5.41) is 2.80. The summed E-state index contributed by atoms with van der Waals surface area (Å²) in [5.74, 6) is 0.695. The first kappa shape index (κ1) is 34.6. The van der Waals surface area contributed by atoms with Gasteiger partial charge in [-0.25, -0.2) is 9.79 Å². The van der Waals surface area contributed by atoms with Crippen LogP contribution >= 0.6 is 0 Å². The van der Waals surface area contributed by atoms with E-state index in [1.807, 2.05) is 64.4 Å². The Morgan fingerprint density at radius 1 is 0.938 bits per heavy atom. The Kier molecular flexibility index (Phi) is 11.1. The third-order valence-corrected chi connectivity index (χ3v) is 8.61. The highest BCUT2D eigenvalue weighted by Gasteiger charge is 2.27. The van der Waals surface area contributed by atoms with Crippen molar-refractivity contribution in [2.24, 2.45) is 4.99 Å². The van der Waals surface area contributed by atoms with Crippen molar-refractivity contribution in [1.82, 2.24) is 15.1 Å². The number of hydrogen-bond donors (Lipinski definition) is 1. The van der Waals surface area contributed by atoms with Crippen molar-refractivity contribution in [2.75, 3.05) is 26.2 Å². The van der Waals surface area contributed by atoms with Gasteiger partial charge in [0, 0.05) is 55.2 Å². The Morgan fingerprint density at radius 2 is 1.62 bits per heavy atom. The Labute approximate surface area is 284 Å². The van der Waals surface area contributed by atoms with Crippen LogP contribution in [0.1, 0.15) is 94.1 Å². The van der Waals surface area contributed by atoms with Crippen LogP contribution in [-0.2, 0) is 9.53 Å². The van der Waals surface area contributed by atoms with E-state index in [0.29, 0.717) is 41.7 Å². The van der Waals surface area contributed by atoms with Crippen molar-refractivity contribution < 1.29 is 19.1 Å². The number of likely N-dealkylation sites (tertiary alicyclic amines) is 1. The lowest BCUT2D eigenvalue weighted by Crippen LogP contribution is -2.39. The van der Waals surface area contributed by atoms with Gasteiger partial charge in [-0.2, -0.15) is 0 Å². The van der Waals surface area contributed by atoms with Crippen molar-refractivity contribution in [2.45, 2.75) is 78.2 Å². The zero-order valence-electron chi connectivity index (χ0n) is 28.9. The van der Waals surface area contributed by atoms with Crippen LogP contribution < -0.4 is 5.32 Å². The first-order valence-corrected chi connectivity index (χ1v) is 17.2. The first-order chi connectivity index (χ1) is 23.0. The minimum absolute atomic E-state index is 0.0501. The second-order valence-electron chi connectivity index (χ2n) is 13.7. The van der Waals surface area contributed by atoms with Crippen molar-refractivity contribution >= 4 is 35.5 Å². The number of fused-ring (bicyclic) bond motifs is 1. The lowest BCUT2D eigenvalue weighted by Gasteiger charge is -2.33. The number of rotatable bonds is 8. The van der Waals surface area contributed by atoms with Crippen LogP contribution in [0.4, 0.5) is 10.5 Å². The van der Waals surface area contributed by atoms with Crippen LogP contribution in [0.25, 0.3) is 17.2 Å². The van der Waals surface area contributed by atoms with Crippen LogP contribution in [0.2, 0.25) is 0 Å². The number of amides is 3. The number of carbonyl (C=O) groups excluding carboxylic acids is 3. The zero-order chi connectivity index (χ0) is 34.3. The monoisotopic (exact) mass is 648 g/mol. The van der Waals surface area contributed by atoms with Crippen LogP contribution in [0.5, 0.6) is 0 Å². The molecule has 1 N–H and O–H groups in total. The molecule has 48 heavy (non-hydrogen) atoms. The zero-order valence-corrected chi connectivity index (χ0v) is 28.9. The molecule has 0 spiro atoms. The van der Waals surface area contributed by atoms with E-state index >= 15 is 0 Å². The van der Waals surface area contributed by atoms with Crippen molar-refractivity contribution in [3.63, 3.8) is 0 Å². The summed E-state index contributed by atoms with van der Waals surface area (Å²) in [7, 11) is 0. The molecule has 0 radical (unpaired) electrons. The highest BCUT2D eigenvalue weighted by atomic mass is 16.6. The molecule has 8 heteroatoms. The second kappa shape index (κ2) is 15.5. The van der Waals surface area contributed by atoms with Crippen LogP contribution in [0.3, 0.4) is 0 Å². The minimum atomic E-state index is -0.681. The number of benzene rings is 3. The quantitative estimate of drug-likeness (QED) is 0.266. The summed E-state index contributed by atoms with van der Waals surface area (Å²) in [5.41, 5.74) is 5.11. The van der Waals surface area contributed by atoms with Gasteiger partial charge >= 0.3 is 6.09 Å². The number of piperidine rings is 1. The number of alkyl carbamates (subject to hydrolysis) is 1. The molecular weight excluding hydrogens is 600 g/mol. The summed E-state index contributed by atoms with van der Waals surface area (Å²) in [4.78, 5) is 48.7. The number of aliphatic imine (C=N–C) groups is 1. The molecule has 2 heterocycles. The Balaban J connectivity index is 1.39. The standard InChI is InChI=1S/C40H48N4O4/c1-6-21-43(22-7-2)38(46)34-24-32-20-19-31(25-35(32)41-36(26-34)42-39(47)48-40(3,4)5)29-15-17-30(18-16-29)37(45)44-23-11-14-33(27-44)28-12-9-8-10-13-28/h8-10,12-13,15-20,24-25,33H,6-7,11,14,21-23,26-27H2,1-5H3,(H,41,42,47). The van der Waals surface area contributed by atoms with Gasteiger partial charge in [-0.3, -0.25) is 14.9 Å². The molecule has 3 aromatic rings. The summed E-state index contributed by atoms with van der Waals surface area (Å²) >= 11 is 0. The number of nitrogens with one attached hydrogen (secondary N) is 1. The van der Waals surface area contributed by atoms with E-state index in [1.165, 1.54) is 5.56 Å². The van der Waals surface area contributed by atoms with Crippen molar-refractivity contribution in [3.05, 3.63) is 95.1 Å². The number of carbonyl (C=O) groups is 3. The summed E-state index contributed by atoms with van der Waals surface area (Å²) < 4.78 is 5.51. The highest BCUT2D eigenvalue weighted by molar-refractivity contribution is 6.08. The maximum absolute atomic E-state index is 13.7. The topological polar surface area (TPSA) is 91.3 Å². The molecule has 5 rings (SSSR count). The fourth-order valence-electron chi connectivity index (χ4n) is 6.38. The molecule has 8 nitrogen and oxygen atoms in total. The molecule has 2 aliphatic heterocycles. The molecule has 3 amide bonds. The van der Waals surface area contributed by atoms with Crippen molar-refractivity contribution in [1.29, 1.82) is 0 Å². The number of ether oxygens (including phenoxy) is 1. The molecule has 0 saturated carbocycles. The molecule has 1 unspecified atom stereocenters. The van der Waals surface area contributed by atoms with E-state index < -0.39 is 11.7 Å². The lowest BCUT2D eigenvalue weighted by atomic mass is 9.90. The number of hydrogen-bond acceptors (Lipinski definition) is 5. The predicted molar refractivity (Wildman–Crippen MR) is 192 cm³/mol. The molecule has 2 aliphatic rings. The Bertz CT molecular complexity index is 1670. The fraction of sp³-hybridized carbons (Fsp3) is 0.400. The summed E-state index contributed by atoms with van der Waals surface area (Å²) in [6.45, 7) is 12.3.